The van der Waals surface area contributed by atoms with Crippen LogP contribution in [0, 0.1) is 0 Å². The summed E-state index contributed by atoms with van der Waals surface area (Å²) in [5.41, 5.74) is -0.261. The molecule has 0 spiro atoms. The summed E-state index contributed by atoms with van der Waals surface area (Å²) in [7, 11) is 0. The number of carboxylic acids is 1. The van der Waals surface area contributed by atoms with Crippen molar-refractivity contribution in [3.05, 3.63) is 29.1 Å². The van der Waals surface area contributed by atoms with Crippen LogP contribution in [-0.4, -0.2) is 28.6 Å². The van der Waals surface area contributed by atoms with E-state index in [9.17, 15) is 14.4 Å². The smallest absolute Gasteiger partial charge is 0.354 e. The SMILES string of the molecule is O=Cc1cc(C=O)nc(C(=O)O)c1. The molecule has 1 N–H and O–H groups in total. The second-order valence-electron chi connectivity index (χ2n) is 2.25. The van der Waals surface area contributed by atoms with Crippen molar-refractivity contribution < 1.29 is 19.5 Å². The zero-order valence-corrected chi connectivity index (χ0v) is 6.43. The van der Waals surface area contributed by atoms with E-state index in [1.54, 1.807) is 0 Å². The van der Waals surface area contributed by atoms with Gasteiger partial charge in [0.15, 0.2) is 6.29 Å². The van der Waals surface area contributed by atoms with Gasteiger partial charge in [-0.05, 0) is 12.1 Å². The van der Waals surface area contributed by atoms with Crippen LogP contribution < -0.4 is 0 Å². The summed E-state index contributed by atoms with van der Waals surface area (Å²) >= 11 is 0. The van der Waals surface area contributed by atoms with E-state index in [4.69, 9.17) is 5.11 Å². The van der Waals surface area contributed by atoms with Crippen LogP contribution >= 0.6 is 0 Å². The Morgan fingerprint density at radius 1 is 1.31 bits per heavy atom. The van der Waals surface area contributed by atoms with Crippen LogP contribution in [0.5, 0.6) is 0 Å². The minimum Gasteiger partial charge on any atom is -0.477 e. The molecule has 0 saturated heterocycles. The quantitative estimate of drug-likeness (QED) is 0.679. The molecule has 0 aliphatic heterocycles. The van der Waals surface area contributed by atoms with Gasteiger partial charge in [-0.25, -0.2) is 9.78 Å². The first-order chi connectivity index (χ1) is 6.17. The van der Waals surface area contributed by atoms with Crippen molar-refractivity contribution in [3.8, 4) is 0 Å². The Hall–Kier alpha value is -2.04. The van der Waals surface area contributed by atoms with E-state index in [-0.39, 0.29) is 17.0 Å². The molecule has 0 aliphatic carbocycles. The maximum absolute atomic E-state index is 10.4. The number of nitrogens with zero attached hydrogens (tertiary/aromatic N) is 1. The van der Waals surface area contributed by atoms with Gasteiger partial charge in [0.05, 0.1) is 0 Å². The molecular formula is C8H5NO4. The molecule has 1 rings (SSSR count). The van der Waals surface area contributed by atoms with Gasteiger partial charge in [0.2, 0.25) is 0 Å². The Labute approximate surface area is 73.0 Å². The highest BCUT2D eigenvalue weighted by molar-refractivity contribution is 5.90. The minimum atomic E-state index is -1.27. The molecule has 0 bridgehead atoms. The number of aldehydes is 2. The monoisotopic (exact) mass is 179 g/mol. The number of hydrogen-bond acceptors (Lipinski definition) is 4. The van der Waals surface area contributed by atoms with E-state index >= 15 is 0 Å². The summed E-state index contributed by atoms with van der Waals surface area (Å²) in [5, 5.41) is 8.53. The van der Waals surface area contributed by atoms with Crippen LogP contribution in [0.3, 0.4) is 0 Å². The lowest BCUT2D eigenvalue weighted by Crippen LogP contribution is -2.04. The summed E-state index contributed by atoms with van der Waals surface area (Å²) in [6, 6.07) is 2.31. The molecule has 0 saturated carbocycles. The number of carboxylic acid groups (broad SMARTS) is 1. The minimum absolute atomic E-state index is 0.0676. The predicted molar refractivity (Wildman–Crippen MR) is 42.0 cm³/mol. The molecule has 0 fully saturated rings. The van der Waals surface area contributed by atoms with Crippen LogP contribution in [0.2, 0.25) is 0 Å². The first-order valence-corrected chi connectivity index (χ1v) is 3.33. The van der Waals surface area contributed by atoms with E-state index in [1.807, 2.05) is 0 Å². The topological polar surface area (TPSA) is 84.3 Å². The van der Waals surface area contributed by atoms with Crippen LogP contribution in [0.1, 0.15) is 31.3 Å². The highest BCUT2D eigenvalue weighted by Crippen LogP contribution is 2.02. The maximum Gasteiger partial charge on any atom is 0.354 e. The van der Waals surface area contributed by atoms with Crippen molar-refractivity contribution in [1.82, 2.24) is 4.98 Å². The van der Waals surface area contributed by atoms with E-state index in [2.05, 4.69) is 4.98 Å². The lowest BCUT2D eigenvalue weighted by molar-refractivity contribution is 0.0690. The number of carbonyl (C=O) groups excluding carboxylic acids is 2. The van der Waals surface area contributed by atoms with Crippen LogP contribution in [-0.2, 0) is 0 Å². The first kappa shape index (κ1) is 9.05. The molecule has 1 aromatic heterocycles. The molecule has 1 heterocycles. The van der Waals surface area contributed by atoms with Crippen molar-refractivity contribution in [2.24, 2.45) is 0 Å². The van der Waals surface area contributed by atoms with Gasteiger partial charge in [0.25, 0.3) is 0 Å². The number of rotatable bonds is 3. The largest absolute Gasteiger partial charge is 0.477 e. The van der Waals surface area contributed by atoms with Gasteiger partial charge in [0.1, 0.15) is 17.7 Å². The predicted octanol–water partition coefficient (Wildman–Crippen LogP) is 0.405. The third-order valence-corrected chi connectivity index (χ3v) is 1.34. The van der Waals surface area contributed by atoms with E-state index in [1.165, 1.54) is 6.07 Å². The van der Waals surface area contributed by atoms with E-state index < -0.39 is 5.97 Å². The van der Waals surface area contributed by atoms with Gasteiger partial charge in [-0.1, -0.05) is 0 Å². The Balaban J connectivity index is 3.30. The van der Waals surface area contributed by atoms with Gasteiger partial charge >= 0.3 is 5.97 Å². The lowest BCUT2D eigenvalue weighted by atomic mass is 10.2. The van der Waals surface area contributed by atoms with E-state index in [0.717, 1.165) is 6.07 Å². The highest BCUT2D eigenvalue weighted by Gasteiger charge is 2.07. The second-order valence-corrected chi connectivity index (χ2v) is 2.25. The van der Waals surface area contributed by atoms with Crippen LogP contribution in [0.25, 0.3) is 0 Å². The lowest BCUT2D eigenvalue weighted by Gasteiger charge is -1.96. The summed E-state index contributed by atoms with van der Waals surface area (Å²) in [6.07, 6.45) is 0.848. The number of carbonyl (C=O) groups is 3. The van der Waals surface area contributed by atoms with Gasteiger partial charge in [-0.15, -0.1) is 0 Å². The summed E-state index contributed by atoms with van der Waals surface area (Å²) in [4.78, 5) is 34.5. The third-order valence-electron chi connectivity index (χ3n) is 1.34. The van der Waals surface area contributed by atoms with Gasteiger partial charge < -0.3 is 5.11 Å². The molecule has 0 unspecified atom stereocenters. The normalized spacial score (nSPS) is 9.23. The number of pyridine rings is 1. The molecule has 0 amide bonds. The van der Waals surface area contributed by atoms with Crippen LogP contribution in [0.4, 0.5) is 0 Å². The molecule has 5 heteroatoms. The third kappa shape index (κ3) is 1.96. The standard InChI is InChI=1S/C8H5NO4/c10-3-5-1-6(4-11)9-7(2-5)8(12)13/h1-4H,(H,12,13). The Kier molecular flexibility index (Phi) is 2.49. The number of aromatic carboxylic acids is 1. The average Bonchev–Trinajstić information content (AvgIpc) is 2.16. The fraction of sp³-hybridized carbons (Fsp3) is 0. The zero-order valence-electron chi connectivity index (χ0n) is 6.43. The number of aromatic nitrogens is 1. The molecular weight excluding hydrogens is 174 g/mol. The molecule has 13 heavy (non-hydrogen) atoms. The Bertz CT molecular complexity index is 346. The summed E-state index contributed by atoms with van der Waals surface area (Å²) < 4.78 is 0. The highest BCUT2D eigenvalue weighted by atomic mass is 16.4. The van der Waals surface area contributed by atoms with Crippen LogP contribution in [0.15, 0.2) is 12.1 Å². The zero-order chi connectivity index (χ0) is 9.84. The van der Waals surface area contributed by atoms with Crippen molar-refractivity contribution >= 4 is 18.5 Å². The van der Waals surface area contributed by atoms with Crippen molar-refractivity contribution in [3.63, 3.8) is 0 Å². The fourth-order valence-electron chi connectivity index (χ4n) is 0.812. The molecule has 0 radical (unpaired) electrons. The molecule has 5 nitrogen and oxygen atoms in total. The van der Waals surface area contributed by atoms with E-state index in [0.29, 0.717) is 12.6 Å². The molecule has 0 atom stereocenters. The van der Waals surface area contributed by atoms with Gasteiger partial charge in [-0.3, -0.25) is 9.59 Å². The molecule has 1 aromatic rings. The Morgan fingerprint density at radius 3 is 2.46 bits per heavy atom. The average molecular weight is 179 g/mol. The summed E-state index contributed by atoms with van der Waals surface area (Å²) in [6.45, 7) is 0. The molecule has 0 aromatic carbocycles. The Morgan fingerprint density at radius 2 is 2.00 bits per heavy atom. The van der Waals surface area contributed by atoms with Crippen molar-refractivity contribution in [2.75, 3.05) is 0 Å². The molecule has 0 aliphatic rings. The van der Waals surface area contributed by atoms with Crippen molar-refractivity contribution in [1.29, 1.82) is 0 Å². The van der Waals surface area contributed by atoms with Gasteiger partial charge in [-0.2, -0.15) is 0 Å². The fourth-order valence-corrected chi connectivity index (χ4v) is 0.812. The van der Waals surface area contributed by atoms with Gasteiger partial charge in [0, 0.05) is 5.56 Å². The maximum atomic E-state index is 10.4. The first-order valence-electron chi connectivity index (χ1n) is 3.33. The second kappa shape index (κ2) is 3.57. The van der Waals surface area contributed by atoms with Crippen molar-refractivity contribution in [2.45, 2.75) is 0 Å². The molecule has 66 valence electrons. The number of hydrogen-bond donors (Lipinski definition) is 1. The summed E-state index contributed by atoms with van der Waals surface area (Å²) in [5.74, 6) is -1.27.